The maximum Gasteiger partial charge on any atom is 0.335 e. The second kappa shape index (κ2) is 8.05. The van der Waals surface area contributed by atoms with Crippen LogP contribution in [0.25, 0.3) is 0 Å². The minimum absolute atomic E-state index is 0.0605. The highest BCUT2D eigenvalue weighted by molar-refractivity contribution is 6.45. The van der Waals surface area contributed by atoms with Gasteiger partial charge in [-0.15, -0.1) is 6.58 Å². The molecule has 1 aliphatic carbocycles. The Labute approximate surface area is 141 Å². The summed E-state index contributed by atoms with van der Waals surface area (Å²) in [5, 5.41) is 2.81. The van der Waals surface area contributed by atoms with Crippen molar-refractivity contribution in [2.75, 3.05) is 19.6 Å². The van der Waals surface area contributed by atoms with E-state index >= 15 is 0 Å². The Kier molecular flexibility index (Phi) is 6.08. The van der Waals surface area contributed by atoms with Gasteiger partial charge in [-0.1, -0.05) is 25.3 Å². The molecule has 1 saturated heterocycles. The summed E-state index contributed by atoms with van der Waals surface area (Å²) in [6, 6.07) is -0.965. The molecule has 1 aliphatic heterocycles. The summed E-state index contributed by atoms with van der Waals surface area (Å²) in [4.78, 5) is 49.3. The summed E-state index contributed by atoms with van der Waals surface area (Å²) in [6.45, 7) is 3.21. The van der Waals surface area contributed by atoms with Crippen molar-refractivity contribution < 1.29 is 19.2 Å². The van der Waals surface area contributed by atoms with E-state index in [4.69, 9.17) is 5.73 Å². The smallest absolute Gasteiger partial charge is 0.335 e. The molecular formula is C16H24N4O4. The molecule has 24 heavy (non-hydrogen) atoms. The van der Waals surface area contributed by atoms with Crippen molar-refractivity contribution in [2.45, 2.75) is 38.1 Å². The Balaban J connectivity index is 1.95. The minimum atomic E-state index is -0.987. The zero-order chi connectivity index (χ0) is 17.7. The van der Waals surface area contributed by atoms with Crippen LogP contribution in [0.5, 0.6) is 0 Å². The highest BCUT2D eigenvalue weighted by atomic mass is 16.2. The van der Waals surface area contributed by atoms with Gasteiger partial charge in [0.1, 0.15) is 6.54 Å². The van der Waals surface area contributed by atoms with Gasteiger partial charge >= 0.3 is 17.8 Å². The van der Waals surface area contributed by atoms with Crippen LogP contribution in [-0.2, 0) is 14.4 Å². The van der Waals surface area contributed by atoms with Crippen molar-refractivity contribution in [3.8, 4) is 0 Å². The lowest BCUT2D eigenvalue weighted by Gasteiger charge is -2.30. The summed E-state index contributed by atoms with van der Waals surface area (Å²) in [5.74, 6) is -2.09. The van der Waals surface area contributed by atoms with Gasteiger partial charge in [0.2, 0.25) is 5.91 Å². The molecule has 1 unspecified atom stereocenters. The third-order valence-corrected chi connectivity index (χ3v) is 4.57. The Morgan fingerprint density at radius 2 is 1.83 bits per heavy atom. The fourth-order valence-corrected chi connectivity index (χ4v) is 3.28. The van der Waals surface area contributed by atoms with Gasteiger partial charge in [-0.05, 0) is 18.8 Å². The number of nitrogens with zero attached hydrogens (tertiary/aromatic N) is 2. The number of nitrogens with two attached hydrogens (primary N) is 1. The van der Waals surface area contributed by atoms with E-state index in [-0.39, 0.29) is 12.6 Å². The average Bonchev–Trinajstić information content (AvgIpc) is 2.79. The normalized spacial score (nSPS) is 20.5. The number of amides is 5. The summed E-state index contributed by atoms with van der Waals surface area (Å²) in [5.41, 5.74) is 5.76. The van der Waals surface area contributed by atoms with Crippen LogP contribution in [0.2, 0.25) is 0 Å². The topological polar surface area (TPSA) is 113 Å². The van der Waals surface area contributed by atoms with Gasteiger partial charge < -0.3 is 11.1 Å². The predicted molar refractivity (Wildman–Crippen MR) is 86.6 cm³/mol. The maximum atomic E-state index is 12.2. The molecule has 3 N–H and O–H groups in total. The highest BCUT2D eigenvalue weighted by Crippen LogP contribution is 2.26. The summed E-state index contributed by atoms with van der Waals surface area (Å²) in [6.07, 6.45) is 6.79. The third kappa shape index (κ3) is 3.81. The molecule has 0 radical (unpaired) electrons. The lowest BCUT2D eigenvalue weighted by molar-refractivity contribution is -0.143. The first kappa shape index (κ1) is 18.1. The van der Waals surface area contributed by atoms with Crippen molar-refractivity contribution in [1.82, 2.24) is 15.1 Å². The number of urea groups is 1. The summed E-state index contributed by atoms with van der Waals surface area (Å²) in [7, 11) is 0. The predicted octanol–water partition coefficient (Wildman–Crippen LogP) is -0.0130. The van der Waals surface area contributed by atoms with Crippen molar-refractivity contribution in [3.63, 3.8) is 0 Å². The average molecular weight is 336 g/mol. The first-order valence-electron chi connectivity index (χ1n) is 8.27. The van der Waals surface area contributed by atoms with E-state index in [2.05, 4.69) is 11.9 Å². The largest absolute Gasteiger partial charge is 0.350 e. The molecule has 132 valence electrons. The minimum Gasteiger partial charge on any atom is -0.350 e. The molecule has 8 nitrogen and oxygen atoms in total. The van der Waals surface area contributed by atoms with Crippen LogP contribution in [0.1, 0.15) is 32.1 Å². The van der Waals surface area contributed by atoms with Crippen LogP contribution < -0.4 is 11.1 Å². The van der Waals surface area contributed by atoms with Crippen LogP contribution in [0.3, 0.4) is 0 Å². The van der Waals surface area contributed by atoms with E-state index in [1.54, 1.807) is 0 Å². The summed E-state index contributed by atoms with van der Waals surface area (Å²) >= 11 is 0. The SMILES string of the molecule is C=CCN1C(=O)C(=O)N(CC(=O)NC(CN)C2CCCCC2)C1=O. The first-order valence-corrected chi connectivity index (χ1v) is 8.27. The number of carbonyl (C=O) groups is 4. The third-order valence-electron chi connectivity index (χ3n) is 4.57. The molecule has 0 aromatic heterocycles. The maximum absolute atomic E-state index is 12.2. The molecule has 0 aromatic rings. The molecule has 2 rings (SSSR count). The standard InChI is InChI=1S/C16H24N4O4/c1-2-8-19-14(22)15(23)20(16(19)24)10-13(21)18-12(9-17)11-6-4-3-5-7-11/h2,11-12H,1,3-10,17H2,(H,18,21). The molecular weight excluding hydrogens is 312 g/mol. The number of imide groups is 2. The van der Waals surface area contributed by atoms with Crippen molar-refractivity contribution >= 4 is 23.8 Å². The number of hydrogen-bond donors (Lipinski definition) is 2. The van der Waals surface area contributed by atoms with E-state index in [0.29, 0.717) is 17.4 Å². The molecule has 1 saturated carbocycles. The van der Waals surface area contributed by atoms with E-state index < -0.39 is 30.3 Å². The van der Waals surface area contributed by atoms with Crippen LogP contribution in [-0.4, -0.2) is 59.2 Å². The fraction of sp³-hybridized carbons (Fsp3) is 0.625. The monoisotopic (exact) mass is 336 g/mol. The van der Waals surface area contributed by atoms with E-state index in [1.165, 1.54) is 12.5 Å². The number of rotatable bonds is 7. The molecule has 5 amide bonds. The van der Waals surface area contributed by atoms with Gasteiger partial charge in [-0.2, -0.15) is 0 Å². The Bertz CT molecular complexity index is 542. The Hall–Kier alpha value is -2.22. The van der Waals surface area contributed by atoms with Gasteiger partial charge in [0.05, 0.1) is 0 Å². The Morgan fingerprint density at radius 3 is 2.42 bits per heavy atom. The van der Waals surface area contributed by atoms with Gasteiger partial charge in [0.25, 0.3) is 0 Å². The van der Waals surface area contributed by atoms with E-state index in [9.17, 15) is 19.2 Å². The van der Waals surface area contributed by atoms with Crippen LogP contribution in [0.4, 0.5) is 4.79 Å². The molecule has 8 heteroatoms. The summed E-state index contributed by atoms with van der Waals surface area (Å²) < 4.78 is 0. The molecule has 1 atom stereocenters. The molecule has 0 spiro atoms. The zero-order valence-electron chi connectivity index (χ0n) is 13.7. The van der Waals surface area contributed by atoms with Gasteiger partial charge in [0.15, 0.2) is 0 Å². The first-order chi connectivity index (χ1) is 11.5. The lowest BCUT2D eigenvalue weighted by atomic mass is 9.84. The van der Waals surface area contributed by atoms with Crippen molar-refractivity contribution in [2.24, 2.45) is 11.7 Å². The second-order valence-corrected chi connectivity index (χ2v) is 6.19. The number of hydrogen-bond acceptors (Lipinski definition) is 5. The van der Waals surface area contributed by atoms with Crippen LogP contribution >= 0.6 is 0 Å². The zero-order valence-corrected chi connectivity index (χ0v) is 13.7. The number of carbonyl (C=O) groups excluding carboxylic acids is 4. The van der Waals surface area contributed by atoms with Crippen LogP contribution in [0, 0.1) is 5.92 Å². The molecule has 0 aromatic carbocycles. The van der Waals surface area contributed by atoms with Crippen molar-refractivity contribution in [3.05, 3.63) is 12.7 Å². The van der Waals surface area contributed by atoms with E-state index in [1.807, 2.05) is 0 Å². The second-order valence-electron chi connectivity index (χ2n) is 6.19. The lowest BCUT2D eigenvalue weighted by Crippen LogP contribution is -2.50. The fourth-order valence-electron chi connectivity index (χ4n) is 3.28. The Morgan fingerprint density at radius 1 is 1.21 bits per heavy atom. The molecule has 1 heterocycles. The van der Waals surface area contributed by atoms with Gasteiger partial charge in [-0.25, -0.2) is 9.69 Å². The van der Waals surface area contributed by atoms with Crippen LogP contribution in [0.15, 0.2) is 12.7 Å². The van der Waals surface area contributed by atoms with Gasteiger partial charge in [0, 0.05) is 19.1 Å². The van der Waals surface area contributed by atoms with E-state index in [0.717, 1.165) is 30.6 Å². The number of nitrogens with one attached hydrogen (secondary N) is 1. The molecule has 2 aliphatic rings. The molecule has 0 bridgehead atoms. The molecule has 2 fully saturated rings. The van der Waals surface area contributed by atoms with Gasteiger partial charge in [-0.3, -0.25) is 19.3 Å². The van der Waals surface area contributed by atoms with Crippen molar-refractivity contribution in [1.29, 1.82) is 0 Å². The highest BCUT2D eigenvalue weighted by Gasteiger charge is 2.44. The quantitative estimate of drug-likeness (QED) is 0.386.